The molecule has 2 rings (SSSR count). The lowest BCUT2D eigenvalue weighted by molar-refractivity contribution is -0.142. The maximum Gasteiger partial charge on any atom is 0.325 e. The monoisotopic (exact) mass is 340 g/mol. The molecule has 6 nitrogen and oxygen atoms in total. The van der Waals surface area contributed by atoms with Crippen LogP contribution >= 0.6 is 11.6 Å². The van der Waals surface area contributed by atoms with Gasteiger partial charge in [-0.05, 0) is 24.6 Å². The summed E-state index contributed by atoms with van der Waals surface area (Å²) in [5.74, 6) is -0.675. The fraction of sp³-hybridized carbons (Fsp3) is 0.500. The van der Waals surface area contributed by atoms with E-state index in [1.807, 2.05) is 36.1 Å². The van der Waals surface area contributed by atoms with Crippen molar-refractivity contribution in [1.29, 1.82) is 0 Å². The number of hydrogen-bond donors (Lipinski definition) is 1. The van der Waals surface area contributed by atoms with Crippen molar-refractivity contribution in [3.05, 3.63) is 34.9 Å². The Morgan fingerprint density at radius 1 is 1.52 bits per heavy atom. The summed E-state index contributed by atoms with van der Waals surface area (Å²) in [5, 5.41) is 3.24. The maximum absolute atomic E-state index is 12.1. The SMILES string of the molecule is COC(=O)CNC(=O)[C@@H](C)N1CCO[C@@H](c2cccc(Cl)c2)C1. The van der Waals surface area contributed by atoms with Crippen LogP contribution in [0.1, 0.15) is 18.6 Å². The quantitative estimate of drug-likeness (QED) is 0.820. The second-order valence-electron chi connectivity index (χ2n) is 5.38. The van der Waals surface area contributed by atoms with Gasteiger partial charge in [-0.3, -0.25) is 14.5 Å². The van der Waals surface area contributed by atoms with Gasteiger partial charge >= 0.3 is 5.97 Å². The van der Waals surface area contributed by atoms with Crippen LogP contribution in [-0.2, 0) is 19.1 Å². The van der Waals surface area contributed by atoms with Crippen LogP contribution in [0.4, 0.5) is 0 Å². The van der Waals surface area contributed by atoms with Gasteiger partial charge in [-0.25, -0.2) is 0 Å². The molecule has 0 saturated carbocycles. The lowest BCUT2D eigenvalue weighted by Crippen LogP contribution is -2.51. The Labute approximate surface area is 140 Å². The molecule has 0 aromatic heterocycles. The number of rotatable bonds is 5. The number of morpholine rings is 1. The van der Waals surface area contributed by atoms with Crippen LogP contribution in [0.3, 0.4) is 0 Å². The average Bonchev–Trinajstić information content (AvgIpc) is 2.58. The molecule has 1 aliphatic rings. The standard InChI is InChI=1S/C16H21ClN2O4/c1-11(16(21)18-9-15(20)22-2)19-6-7-23-14(10-19)12-4-3-5-13(17)8-12/h3-5,8,11,14H,6-7,9-10H2,1-2H3,(H,18,21)/t11-,14-/m1/s1. The molecular weight excluding hydrogens is 320 g/mol. The average molecular weight is 341 g/mol. The van der Waals surface area contributed by atoms with Crippen LogP contribution < -0.4 is 5.32 Å². The van der Waals surface area contributed by atoms with Crippen molar-refractivity contribution < 1.29 is 19.1 Å². The highest BCUT2D eigenvalue weighted by atomic mass is 35.5. The maximum atomic E-state index is 12.1. The zero-order valence-electron chi connectivity index (χ0n) is 13.3. The largest absolute Gasteiger partial charge is 0.468 e. The zero-order valence-corrected chi connectivity index (χ0v) is 14.0. The minimum absolute atomic E-state index is 0.123. The molecule has 0 radical (unpaired) electrons. The van der Waals surface area contributed by atoms with Crippen molar-refractivity contribution in [2.75, 3.05) is 33.4 Å². The van der Waals surface area contributed by atoms with Crippen molar-refractivity contribution in [2.45, 2.75) is 19.1 Å². The van der Waals surface area contributed by atoms with Gasteiger partial charge in [0.1, 0.15) is 6.54 Å². The lowest BCUT2D eigenvalue weighted by atomic mass is 10.1. The Kier molecular flexibility index (Phi) is 6.38. The second-order valence-corrected chi connectivity index (χ2v) is 5.82. The van der Waals surface area contributed by atoms with Crippen LogP contribution in [0.5, 0.6) is 0 Å². The van der Waals surface area contributed by atoms with Crippen LogP contribution in [0.15, 0.2) is 24.3 Å². The van der Waals surface area contributed by atoms with Crippen LogP contribution in [0.25, 0.3) is 0 Å². The predicted octanol–water partition coefficient (Wildman–Crippen LogP) is 1.39. The van der Waals surface area contributed by atoms with E-state index in [1.54, 1.807) is 0 Å². The summed E-state index contributed by atoms with van der Waals surface area (Å²) in [5.41, 5.74) is 0.990. The summed E-state index contributed by atoms with van der Waals surface area (Å²) < 4.78 is 10.3. The van der Waals surface area contributed by atoms with Crippen LogP contribution in [0.2, 0.25) is 5.02 Å². The molecule has 0 spiro atoms. The minimum Gasteiger partial charge on any atom is -0.468 e. The van der Waals surface area contributed by atoms with Crippen LogP contribution in [0, 0.1) is 0 Å². The first-order chi connectivity index (χ1) is 11.0. The molecule has 0 unspecified atom stereocenters. The molecule has 1 heterocycles. The highest BCUT2D eigenvalue weighted by molar-refractivity contribution is 6.30. The Morgan fingerprint density at radius 3 is 3.00 bits per heavy atom. The normalized spacial score (nSPS) is 19.9. The first kappa shape index (κ1) is 17.7. The summed E-state index contributed by atoms with van der Waals surface area (Å²) >= 11 is 6.02. The molecule has 1 amide bonds. The molecule has 1 aromatic rings. The number of halogens is 1. The van der Waals surface area contributed by atoms with E-state index in [9.17, 15) is 9.59 Å². The van der Waals surface area contributed by atoms with Crippen molar-refractivity contribution >= 4 is 23.5 Å². The van der Waals surface area contributed by atoms with Gasteiger partial charge in [-0.15, -0.1) is 0 Å². The smallest absolute Gasteiger partial charge is 0.325 e. The molecule has 1 aliphatic heterocycles. The molecule has 2 atom stereocenters. The van der Waals surface area contributed by atoms with E-state index in [0.717, 1.165) is 5.56 Å². The molecule has 126 valence electrons. The van der Waals surface area contributed by atoms with Crippen molar-refractivity contribution in [1.82, 2.24) is 10.2 Å². The van der Waals surface area contributed by atoms with E-state index in [4.69, 9.17) is 16.3 Å². The zero-order chi connectivity index (χ0) is 16.8. The summed E-state index contributed by atoms with van der Waals surface area (Å²) in [4.78, 5) is 25.3. The second kappa shape index (κ2) is 8.29. The number of carbonyl (C=O) groups excluding carboxylic acids is 2. The number of amides is 1. The number of carbonyl (C=O) groups is 2. The lowest BCUT2D eigenvalue weighted by Gasteiger charge is -2.36. The number of nitrogens with one attached hydrogen (secondary N) is 1. The van der Waals surface area contributed by atoms with Gasteiger partial charge in [-0.1, -0.05) is 23.7 Å². The third-order valence-corrected chi connectivity index (χ3v) is 4.12. The summed E-state index contributed by atoms with van der Waals surface area (Å²) in [6, 6.07) is 7.17. The van der Waals surface area contributed by atoms with Gasteiger partial charge < -0.3 is 14.8 Å². The van der Waals surface area contributed by atoms with E-state index in [2.05, 4.69) is 10.1 Å². The highest BCUT2D eigenvalue weighted by Crippen LogP contribution is 2.25. The number of ether oxygens (including phenoxy) is 2. The molecule has 7 heteroatoms. The van der Waals surface area contributed by atoms with E-state index >= 15 is 0 Å². The number of methoxy groups -OCH3 is 1. The third-order valence-electron chi connectivity index (χ3n) is 3.88. The predicted molar refractivity (Wildman–Crippen MR) is 86.2 cm³/mol. The molecule has 0 bridgehead atoms. The van der Waals surface area contributed by atoms with Gasteiger partial charge in [0.2, 0.25) is 5.91 Å². The first-order valence-corrected chi connectivity index (χ1v) is 7.84. The van der Waals surface area contributed by atoms with Crippen LogP contribution in [-0.4, -0.2) is 56.2 Å². The Morgan fingerprint density at radius 2 is 2.30 bits per heavy atom. The Hall–Kier alpha value is -1.63. The van der Waals surface area contributed by atoms with Gasteiger partial charge in [0.25, 0.3) is 0 Å². The molecule has 1 aromatic carbocycles. The van der Waals surface area contributed by atoms with E-state index in [0.29, 0.717) is 24.7 Å². The summed E-state index contributed by atoms with van der Waals surface area (Å²) in [7, 11) is 1.29. The number of esters is 1. The summed E-state index contributed by atoms with van der Waals surface area (Å²) in [6.45, 7) is 3.47. The number of hydrogen-bond acceptors (Lipinski definition) is 5. The molecule has 1 N–H and O–H groups in total. The fourth-order valence-electron chi connectivity index (χ4n) is 2.47. The Bertz CT molecular complexity index is 567. The first-order valence-electron chi connectivity index (χ1n) is 7.47. The van der Waals surface area contributed by atoms with Crippen molar-refractivity contribution in [3.63, 3.8) is 0 Å². The molecule has 0 aliphatic carbocycles. The number of nitrogens with zero attached hydrogens (tertiary/aromatic N) is 1. The molecule has 1 saturated heterocycles. The topological polar surface area (TPSA) is 67.9 Å². The Balaban J connectivity index is 1.94. The fourth-order valence-corrected chi connectivity index (χ4v) is 2.67. The highest BCUT2D eigenvalue weighted by Gasteiger charge is 2.28. The third kappa shape index (κ3) is 4.92. The van der Waals surface area contributed by atoms with Gasteiger partial charge in [0.05, 0.1) is 25.9 Å². The van der Waals surface area contributed by atoms with Gasteiger partial charge in [0, 0.05) is 18.1 Å². The van der Waals surface area contributed by atoms with E-state index in [1.165, 1.54) is 7.11 Å². The van der Waals surface area contributed by atoms with Gasteiger partial charge in [0.15, 0.2) is 0 Å². The number of benzene rings is 1. The summed E-state index contributed by atoms with van der Waals surface area (Å²) in [6.07, 6.45) is -0.127. The van der Waals surface area contributed by atoms with E-state index < -0.39 is 5.97 Å². The van der Waals surface area contributed by atoms with Gasteiger partial charge in [-0.2, -0.15) is 0 Å². The van der Waals surface area contributed by atoms with Crippen molar-refractivity contribution in [2.24, 2.45) is 0 Å². The molecule has 1 fully saturated rings. The minimum atomic E-state index is -0.468. The molecular formula is C16H21ClN2O4. The van der Waals surface area contributed by atoms with E-state index in [-0.39, 0.29) is 24.6 Å². The van der Waals surface area contributed by atoms with Crippen molar-refractivity contribution in [3.8, 4) is 0 Å². The molecule has 23 heavy (non-hydrogen) atoms.